The standard InChI is InChI=1S/C15H19ClN2O3/c1-8-5-9(2)11(15(19)21-4)6-10(8)14(18)13(16)12(17)7-20-3/h5-6,17H,7,18H2,1-4H3/b14-13+,17-12?. The van der Waals surface area contributed by atoms with Crippen LogP contribution in [-0.4, -0.2) is 32.5 Å². The number of benzene rings is 1. The Bertz CT molecular complexity index is 609. The van der Waals surface area contributed by atoms with Crippen molar-refractivity contribution in [1.82, 2.24) is 0 Å². The van der Waals surface area contributed by atoms with Crippen LogP contribution in [-0.2, 0) is 9.47 Å². The first kappa shape index (κ1) is 17.2. The Balaban J connectivity index is 3.39. The first-order chi connectivity index (χ1) is 9.83. The Morgan fingerprint density at radius 1 is 1.24 bits per heavy atom. The van der Waals surface area contributed by atoms with Crippen LogP contribution < -0.4 is 5.73 Å². The largest absolute Gasteiger partial charge is 0.465 e. The maximum atomic E-state index is 11.8. The van der Waals surface area contributed by atoms with Crippen molar-refractivity contribution < 1.29 is 14.3 Å². The maximum absolute atomic E-state index is 11.8. The molecule has 0 bridgehead atoms. The highest BCUT2D eigenvalue weighted by molar-refractivity contribution is 6.46. The van der Waals surface area contributed by atoms with E-state index in [1.807, 2.05) is 19.9 Å². The second kappa shape index (κ2) is 7.24. The molecule has 0 saturated carbocycles. The molecule has 6 heteroatoms. The summed E-state index contributed by atoms with van der Waals surface area (Å²) in [5.74, 6) is -0.440. The van der Waals surface area contributed by atoms with E-state index in [0.29, 0.717) is 11.1 Å². The van der Waals surface area contributed by atoms with Crippen molar-refractivity contribution in [3.63, 3.8) is 0 Å². The van der Waals surface area contributed by atoms with Crippen molar-refractivity contribution in [2.45, 2.75) is 13.8 Å². The lowest BCUT2D eigenvalue weighted by molar-refractivity contribution is 0.0600. The van der Waals surface area contributed by atoms with Crippen LogP contribution in [0.3, 0.4) is 0 Å². The topological polar surface area (TPSA) is 85.4 Å². The number of hydrogen-bond donors (Lipinski definition) is 2. The van der Waals surface area contributed by atoms with Crippen molar-refractivity contribution in [3.05, 3.63) is 39.4 Å². The van der Waals surface area contributed by atoms with E-state index in [-0.39, 0.29) is 23.0 Å². The van der Waals surface area contributed by atoms with E-state index in [4.69, 9.17) is 32.2 Å². The number of carbonyl (C=O) groups is 1. The molecule has 0 unspecified atom stereocenters. The molecule has 5 nitrogen and oxygen atoms in total. The van der Waals surface area contributed by atoms with Crippen LogP contribution in [0.1, 0.15) is 27.0 Å². The summed E-state index contributed by atoms with van der Waals surface area (Å²) in [7, 11) is 2.79. The zero-order valence-corrected chi connectivity index (χ0v) is 13.3. The molecule has 0 heterocycles. The highest BCUT2D eigenvalue weighted by Crippen LogP contribution is 2.25. The van der Waals surface area contributed by atoms with Gasteiger partial charge in [-0.3, -0.25) is 0 Å². The predicted octanol–water partition coefficient (Wildman–Crippen LogP) is 2.62. The van der Waals surface area contributed by atoms with Gasteiger partial charge in [-0.2, -0.15) is 0 Å². The number of esters is 1. The minimum atomic E-state index is -0.440. The molecule has 0 aromatic heterocycles. The fraction of sp³-hybridized carbons (Fsp3) is 0.333. The van der Waals surface area contributed by atoms with Gasteiger partial charge < -0.3 is 20.6 Å². The molecule has 21 heavy (non-hydrogen) atoms. The third-order valence-electron chi connectivity index (χ3n) is 3.06. The second-order valence-corrected chi connectivity index (χ2v) is 4.99. The summed E-state index contributed by atoms with van der Waals surface area (Å²) in [6.07, 6.45) is 0. The summed E-state index contributed by atoms with van der Waals surface area (Å²) >= 11 is 6.11. The molecule has 1 rings (SSSR count). The van der Waals surface area contributed by atoms with Crippen LogP contribution >= 0.6 is 11.6 Å². The van der Waals surface area contributed by atoms with E-state index in [9.17, 15) is 4.79 Å². The van der Waals surface area contributed by atoms with Gasteiger partial charge in [-0.05, 0) is 31.0 Å². The molecule has 1 aromatic rings. The number of ether oxygens (including phenoxy) is 2. The van der Waals surface area contributed by atoms with Gasteiger partial charge in [-0.1, -0.05) is 17.7 Å². The van der Waals surface area contributed by atoms with E-state index >= 15 is 0 Å². The molecule has 3 N–H and O–H groups in total. The Hall–Kier alpha value is -1.85. The van der Waals surface area contributed by atoms with E-state index < -0.39 is 5.97 Å². The third-order valence-corrected chi connectivity index (χ3v) is 3.49. The van der Waals surface area contributed by atoms with Gasteiger partial charge in [0.05, 0.1) is 35.7 Å². The summed E-state index contributed by atoms with van der Waals surface area (Å²) in [6.45, 7) is 3.74. The predicted molar refractivity (Wildman–Crippen MR) is 83.8 cm³/mol. The van der Waals surface area contributed by atoms with E-state index in [0.717, 1.165) is 11.1 Å². The maximum Gasteiger partial charge on any atom is 0.338 e. The lowest BCUT2D eigenvalue weighted by Gasteiger charge is -2.13. The number of nitrogens with two attached hydrogens (primary N) is 1. The highest BCUT2D eigenvalue weighted by Gasteiger charge is 2.16. The van der Waals surface area contributed by atoms with Gasteiger partial charge in [0, 0.05) is 12.7 Å². The number of rotatable bonds is 5. The molecule has 114 valence electrons. The Morgan fingerprint density at radius 2 is 1.81 bits per heavy atom. The summed E-state index contributed by atoms with van der Waals surface area (Å²) in [6, 6.07) is 3.47. The molecule has 0 atom stereocenters. The molecular weight excluding hydrogens is 292 g/mol. The van der Waals surface area contributed by atoms with Crippen LogP contribution in [0.25, 0.3) is 5.70 Å². The molecular formula is C15H19ClN2O3. The van der Waals surface area contributed by atoms with Crippen molar-refractivity contribution in [1.29, 1.82) is 5.41 Å². The smallest absolute Gasteiger partial charge is 0.338 e. The zero-order chi connectivity index (χ0) is 16.2. The minimum Gasteiger partial charge on any atom is -0.465 e. The number of carbonyl (C=O) groups excluding carboxylic acids is 1. The molecule has 0 aliphatic carbocycles. The molecule has 0 amide bonds. The fourth-order valence-electron chi connectivity index (χ4n) is 1.96. The van der Waals surface area contributed by atoms with Gasteiger partial charge in [0.2, 0.25) is 0 Å². The molecule has 0 fully saturated rings. The van der Waals surface area contributed by atoms with Gasteiger partial charge in [0.1, 0.15) is 0 Å². The SMILES string of the molecule is COCC(=N)/C(Cl)=C(\N)c1cc(C(=O)OC)c(C)cc1C. The first-order valence-electron chi connectivity index (χ1n) is 6.25. The highest BCUT2D eigenvalue weighted by atomic mass is 35.5. The number of aryl methyl sites for hydroxylation is 2. The summed E-state index contributed by atoms with van der Waals surface area (Å²) < 4.78 is 9.61. The lowest BCUT2D eigenvalue weighted by Crippen LogP contribution is -2.13. The van der Waals surface area contributed by atoms with Crippen LogP contribution in [0.15, 0.2) is 17.2 Å². The zero-order valence-electron chi connectivity index (χ0n) is 12.5. The fourth-order valence-corrected chi connectivity index (χ4v) is 2.12. The van der Waals surface area contributed by atoms with Gasteiger partial charge in [0.25, 0.3) is 0 Å². The molecule has 0 radical (unpaired) electrons. The summed E-state index contributed by atoms with van der Waals surface area (Å²) in [5, 5.41) is 7.89. The minimum absolute atomic E-state index is 0.0638. The van der Waals surface area contributed by atoms with Crippen molar-refractivity contribution >= 4 is 29.0 Å². The van der Waals surface area contributed by atoms with Gasteiger partial charge in [-0.25, -0.2) is 4.79 Å². The number of nitrogens with one attached hydrogen (secondary N) is 1. The van der Waals surface area contributed by atoms with Gasteiger partial charge >= 0.3 is 5.97 Å². The molecule has 0 aliphatic rings. The Labute approximate surface area is 129 Å². The second-order valence-electron chi connectivity index (χ2n) is 4.61. The normalized spacial score (nSPS) is 11.9. The molecule has 0 saturated heterocycles. The van der Waals surface area contributed by atoms with E-state index in [1.54, 1.807) is 6.07 Å². The number of hydrogen-bond acceptors (Lipinski definition) is 5. The molecule has 0 spiro atoms. The monoisotopic (exact) mass is 310 g/mol. The van der Waals surface area contributed by atoms with Gasteiger partial charge in [-0.15, -0.1) is 0 Å². The quantitative estimate of drug-likeness (QED) is 0.646. The lowest BCUT2D eigenvalue weighted by atomic mass is 9.97. The van der Waals surface area contributed by atoms with Crippen molar-refractivity contribution in [2.75, 3.05) is 20.8 Å². The average Bonchev–Trinajstić information content (AvgIpc) is 2.45. The van der Waals surface area contributed by atoms with Crippen LogP contribution in [0.2, 0.25) is 0 Å². The van der Waals surface area contributed by atoms with Crippen molar-refractivity contribution in [3.8, 4) is 0 Å². The van der Waals surface area contributed by atoms with Crippen LogP contribution in [0.4, 0.5) is 0 Å². The summed E-state index contributed by atoms with van der Waals surface area (Å²) in [4.78, 5) is 11.8. The third kappa shape index (κ3) is 3.83. The molecule has 0 aliphatic heterocycles. The van der Waals surface area contributed by atoms with E-state index in [2.05, 4.69) is 0 Å². The van der Waals surface area contributed by atoms with Gasteiger partial charge in [0.15, 0.2) is 0 Å². The number of methoxy groups -OCH3 is 2. The van der Waals surface area contributed by atoms with Crippen molar-refractivity contribution in [2.24, 2.45) is 5.73 Å². The average molecular weight is 311 g/mol. The van der Waals surface area contributed by atoms with Crippen LogP contribution in [0.5, 0.6) is 0 Å². The first-order valence-corrected chi connectivity index (χ1v) is 6.63. The number of halogens is 1. The Kier molecular flexibility index (Phi) is 5.93. The van der Waals surface area contributed by atoms with Crippen LogP contribution in [0, 0.1) is 19.3 Å². The van der Waals surface area contributed by atoms with E-state index in [1.165, 1.54) is 14.2 Å². The summed E-state index contributed by atoms with van der Waals surface area (Å²) in [5.41, 5.74) is 9.02. The molecule has 1 aromatic carbocycles. The Morgan fingerprint density at radius 3 is 2.33 bits per heavy atom.